The highest BCUT2D eigenvalue weighted by molar-refractivity contribution is 5.81. The molecule has 3 heteroatoms. The molecule has 0 radical (unpaired) electrons. The first kappa shape index (κ1) is 7.28. The zero-order valence-corrected chi connectivity index (χ0v) is 6.18. The molecule has 1 heterocycles. The van der Waals surface area contributed by atoms with E-state index >= 15 is 0 Å². The van der Waals surface area contributed by atoms with Gasteiger partial charge in [-0.15, -0.1) is 0 Å². The second-order valence-electron chi connectivity index (χ2n) is 2.83. The Labute approximate surface area is 60.1 Å². The van der Waals surface area contributed by atoms with Crippen LogP contribution in [0.15, 0.2) is 12.7 Å². The largest absolute Gasteiger partial charge is 0.441 e. The van der Waals surface area contributed by atoms with Crippen molar-refractivity contribution >= 4 is 5.97 Å². The van der Waals surface area contributed by atoms with E-state index in [9.17, 15) is 4.79 Å². The van der Waals surface area contributed by atoms with Crippen LogP contribution < -0.4 is 5.32 Å². The van der Waals surface area contributed by atoms with Crippen molar-refractivity contribution in [3.8, 4) is 0 Å². The summed E-state index contributed by atoms with van der Waals surface area (Å²) in [7, 11) is 0. The van der Waals surface area contributed by atoms with Gasteiger partial charge < -0.3 is 4.74 Å². The molecule has 1 aliphatic heterocycles. The number of hydrogen-bond acceptors (Lipinski definition) is 3. The minimum absolute atomic E-state index is 0.225. The Kier molecular flexibility index (Phi) is 1.52. The van der Waals surface area contributed by atoms with Crippen LogP contribution in [0.2, 0.25) is 0 Å². The highest BCUT2D eigenvalue weighted by Gasteiger charge is 2.39. The molecule has 0 amide bonds. The Hall–Kier alpha value is -0.830. The van der Waals surface area contributed by atoms with Gasteiger partial charge in [-0.1, -0.05) is 6.58 Å². The molecule has 0 saturated carbocycles. The van der Waals surface area contributed by atoms with E-state index in [-0.39, 0.29) is 12.2 Å². The lowest BCUT2D eigenvalue weighted by molar-refractivity contribution is -0.143. The van der Waals surface area contributed by atoms with E-state index < -0.39 is 5.54 Å². The molecule has 1 aliphatic rings. The van der Waals surface area contributed by atoms with Crippen LogP contribution in [0.3, 0.4) is 0 Å². The van der Waals surface area contributed by atoms with Crippen molar-refractivity contribution in [3.63, 3.8) is 0 Å². The maximum Gasteiger partial charge on any atom is 0.327 e. The molecule has 0 aromatic carbocycles. The van der Waals surface area contributed by atoms with Crippen molar-refractivity contribution in [3.05, 3.63) is 12.7 Å². The van der Waals surface area contributed by atoms with E-state index in [4.69, 9.17) is 4.74 Å². The van der Waals surface area contributed by atoms with Crippen molar-refractivity contribution < 1.29 is 9.53 Å². The van der Waals surface area contributed by atoms with E-state index in [2.05, 4.69) is 11.9 Å². The highest BCUT2D eigenvalue weighted by atomic mass is 16.6. The molecule has 0 bridgehead atoms. The first-order valence-corrected chi connectivity index (χ1v) is 3.17. The molecule has 1 fully saturated rings. The van der Waals surface area contributed by atoms with Gasteiger partial charge >= 0.3 is 5.97 Å². The van der Waals surface area contributed by atoms with Crippen molar-refractivity contribution in [2.75, 3.05) is 0 Å². The van der Waals surface area contributed by atoms with E-state index in [1.807, 2.05) is 0 Å². The number of carbonyl (C=O) groups excluding carboxylic acids is 1. The Bertz CT molecular complexity index is 174. The van der Waals surface area contributed by atoms with Crippen LogP contribution in [-0.2, 0) is 9.53 Å². The Balaban J connectivity index is 2.70. The van der Waals surface area contributed by atoms with E-state index in [0.29, 0.717) is 0 Å². The number of hydrogen-bond donors (Lipinski definition) is 1. The van der Waals surface area contributed by atoms with Crippen LogP contribution in [0, 0.1) is 0 Å². The van der Waals surface area contributed by atoms with Crippen molar-refractivity contribution in [1.82, 2.24) is 5.32 Å². The molecule has 0 aromatic rings. The maximum absolute atomic E-state index is 10.9. The standard InChI is InChI=1S/C7H11NO2/c1-4-5-8-7(2,3)6(9)10-5/h4-5,8H,1H2,2-3H3. The zero-order valence-electron chi connectivity index (χ0n) is 6.18. The average molecular weight is 141 g/mol. The van der Waals surface area contributed by atoms with Gasteiger partial charge in [0.1, 0.15) is 5.54 Å². The summed E-state index contributed by atoms with van der Waals surface area (Å²) in [5, 5.41) is 2.94. The lowest BCUT2D eigenvalue weighted by Gasteiger charge is -2.10. The van der Waals surface area contributed by atoms with Gasteiger partial charge in [0.2, 0.25) is 0 Å². The minimum atomic E-state index is -0.557. The Morgan fingerprint density at radius 1 is 1.80 bits per heavy atom. The summed E-state index contributed by atoms with van der Waals surface area (Å²) in [4.78, 5) is 10.9. The second kappa shape index (κ2) is 2.09. The minimum Gasteiger partial charge on any atom is -0.441 e. The van der Waals surface area contributed by atoms with Gasteiger partial charge in [0.25, 0.3) is 0 Å². The fourth-order valence-electron chi connectivity index (χ4n) is 0.814. The van der Waals surface area contributed by atoms with Gasteiger partial charge in [0, 0.05) is 0 Å². The maximum atomic E-state index is 10.9. The normalized spacial score (nSPS) is 29.8. The van der Waals surface area contributed by atoms with E-state index in [1.54, 1.807) is 19.9 Å². The monoisotopic (exact) mass is 141 g/mol. The zero-order chi connectivity index (χ0) is 7.78. The number of ether oxygens (including phenoxy) is 1. The van der Waals surface area contributed by atoms with E-state index in [1.165, 1.54) is 0 Å². The first-order valence-electron chi connectivity index (χ1n) is 3.17. The number of carbonyl (C=O) groups is 1. The molecule has 3 nitrogen and oxygen atoms in total. The molecule has 0 spiro atoms. The van der Waals surface area contributed by atoms with Crippen LogP contribution in [-0.4, -0.2) is 17.7 Å². The summed E-state index contributed by atoms with van der Waals surface area (Å²) in [5.74, 6) is -0.225. The lowest BCUT2D eigenvalue weighted by atomic mass is 10.1. The molecule has 1 saturated heterocycles. The molecule has 1 unspecified atom stereocenters. The van der Waals surface area contributed by atoms with Crippen LogP contribution in [0.4, 0.5) is 0 Å². The van der Waals surface area contributed by atoms with Crippen LogP contribution in [0.5, 0.6) is 0 Å². The van der Waals surface area contributed by atoms with Gasteiger partial charge in [-0.25, -0.2) is 0 Å². The molecular formula is C7H11NO2. The van der Waals surface area contributed by atoms with E-state index in [0.717, 1.165) is 0 Å². The van der Waals surface area contributed by atoms with Crippen LogP contribution >= 0.6 is 0 Å². The molecule has 1 N–H and O–H groups in total. The third-order valence-corrected chi connectivity index (χ3v) is 1.46. The molecule has 56 valence electrons. The highest BCUT2D eigenvalue weighted by Crippen LogP contribution is 2.15. The third kappa shape index (κ3) is 1.04. The predicted octanol–water partition coefficient (Wildman–Crippen LogP) is 0.423. The summed E-state index contributed by atoms with van der Waals surface area (Å²) in [6.07, 6.45) is 1.25. The molecule has 1 rings (SSSR count). The summed E-state index contributed by atoms with van der Waals surface area (Å²) >= 11 is 0. The predicted molar refractivity (Wildman–Crippen MR) is 37.3 cm³/mol. The molecule has 1 atom stereocenters. The number of rotatable bonds is 1. The average Bonchev–Trinajstić information content (AvgIpc) is 2.08. The van der Waals surface area contributed by atoms with Gasteiger partial charge in [0.15, 0.2) is 6.23 Å². The molecule has 0 aromatic heterocycles. The first-order chi connectivity index (χ1) is 4.56. The van der Waals surface area contributed by atoms with Crippen LogP contribution in [0.25, 0.3) is 0 Å². The fraction of sp³-hybridized carbons (Fsp3) is 0.571. The van der Waals surface area contributed by atoms with Crippen molar-refractivity contribution in [1.29, 1.82) is 0 Å². The van der Waals surface area contributed by atoms with Crippen molar-refractivity contribution in [2.24, 2.45) is 0 Å². The summed E-state index contributed by atoms with van der Waals surface area (Å²) in [6, 6.07) is 0. The molecule has 0 aliphatic carbocycles. The van der Waals surface area contributed by atoms with Gasteiger partial charge in [0.05, 0.1) is 0 Å². The fourth-order valence-corrected chi connectivity index (χ4v) is 0.814. The van der Waals surface area contributed by atoms with Gasteiger partial charge in [-0.3, -0.25) is 10.1 Å². The van der Waals surface area contributed by atoms with Crippen molar-refractivity contribution in [2.45, 2.75) is 25.6 Å². The quantitative estimate of drug-likeness (QED) is 0.425. The molecular weight excluding hydrogens is 130 g/mol. The van der Waals surface area contributed by atoms with Crippen LogP contribution in [0.1, 0.15) is 13.8 Å². The molecule has 10 heavy (non-hydrogen) atoms. The van der Waals surface area contributed by atoms with Gasteiger partial charge in [-0.05, 0) is 19.9 Å². The smallest absolute Gasteiger partial charge is 0.327 e. The second-order valence-corrected chi connectivity index (χ2v) is 2.83. The van der Waals surface area contributed by atoms with Gasteiger partial charge in [-0.2, -0.15) is 0 Å². The lowest BCUT2D eigenvalue weighted by Crippen LogP contribution is -2.40. The number of nitrogens with one attached hydrogen (secondary N) is 1. The third-order valence-electron chi connectivity index (χ3n) is 1.46. The number of esters is 1. The number of cyclic esters (lactones) is 1. The summed E-state index contributed by atoms with van der Waals surface area (Å²) in [5.41, 5.74) is -0.557. The Morgan fingerprint density at radius 2 is 2.40 bits per heavy atom. The topological polar surface area (TPSA) is 38.3 Å². The Morgan fingerprint density at radius 3 is 2.60 bits per heavy atom. The summed E-state index contributed by atoms with van der Waals surface area (Å²) in [6.45, 7) is 7.06. The summed E-state index contributed by atoms with van der Waals surface area (Å²) < 4.78 is 4.86. The SMILES string of the molecule is C=CC1NC(C)(C)C(=O)O1.